The van der Waals surface area contributed by atoms with Crippen molar-refractivity contribution in [2.75, 3.05) is 0 Å². The molecule has 76 valence electrons. The summed E-state index contributed by atoms with van der Waals surface area (Å²) < 4.78 is 0. The number of benzene rings is 1. The number of ketones is 1. The molecule has 0 radical (unpaired) electrons. The van der Waals surface area contributed by atoms with Crippen LogP contribution in [0.15, 0.2) is 30.5 Å². The highest BCUT2D eigenvalue weighted by molar-refractivity contribution is 5.99. The fraction of sp³-hybridized carbons (Fsp3) is 0.231. The van der Waals surface area contributed by atoms with Crippen LogP contribution in [0.1, 0.15) is 29.4 Å². The van der Waals surface area contributed by atoms with Crippen LogP contribution < -0.4 is 0 Å². The van der Waals surface area contributed by atoms with Gasteiger partial charge in [-0.05, 0) is 24.4 Å². The van der Waals surface area contributed by atoms with Crippen molar-refractivity contribution in [1.82, 2.24) is 4.98 Å². The Hall–Kier alpha value is -1.70. The molecule has 0 aliphatic carbocycles. The van der Waals surface area contributed by atoms with Crippen molar-refractivity contribution in [1.29, 1.82) is 0 Å². The van der Waals surface area contributed by atoms with Crippen LogP contribution >= 0.6 is 0 Å². The van der Waals surface area contributed by atoms with E-state index in [2.05, 4.69) is 4.98 Å². The number of hydrogen-bond donors (Lipinski definition) is 0. The molecule has 2 nitrogen and oxygen atoms in total. The Kier molecular flexibility index (Phi) is 2.50. The average Bonchev–Trinajstić information content (AvgIpc) is 2.27. The molecule has 0 aliphatic rings. The highest BCUT2D eigenvalue weighted by Crippen LogP contribution is 2.16. The summed E-state index contributed by atoms with van der Waals surface area (Å²) in [7, 11) is 0. The lowest BCUT2D eigenvalue weighted by molar-refractivity contribution is 0.0988. The average molecular weight is 199 g/mol. The van der Waals surface area contributed by atoms with Crippen molar-refractivity contribution in [2.45, 2.75) is 20.3 Å². The Morgan fingerprint density at radius 2 is 2.07 bits per heavy atom. The molecule has 0 bridgehead atoms. The fourth-order valence-corrected chi connectivity index (χ4v) is 1.63. The lowest BCUT2D eigenvalue weighted by Gasteiger charge is -2.02. The van der Waals surface area contributed by atoms with Gasteiger partial charge in [-0.2, -0.15) is 0 Å². The zero-order valence-corrected chi connectivity index (χ0v) is 8.95. The molecule has 2 rings (SSSR count). The number of aromatic nitrogens is 1. The predicted molar refractivity (Wildman–Crippen MR) is 61.1 cm³/mol. The molecular weight excluding hydrogens is 186 g/mol. The summed E-state index contributed by atoms with van der Waals surface area (Å²) >= 11 is 0. The van der Waals surface area contributed by atoms with Gasteiger partial charge in [0.1, 0.15) is 0 Å². The number of hydrogen-bond acceptors (Lipinski definition) is 2. The number of aryl methyl sites for hydroxylation is 1. The van der Waals surface area contributed by atoms with Gasteiger partial charge in [0, 0.05) is 29.3 Å². The first-order valence-electron chi connectivity index (χ1n) is 5.10. The molecule has 15 heavy (non-hydrogen) atoms. The molecule has 1 heterocycles. The minimum absolute atomic E-state index is 0.186. The van der Waals surface area contributed by atoms with E-state index in [0.29, 0.717) is 6.42 Å². The molecule has 0 N–H and O–H groups in total. The minimum atomic E-state index is 0.186. The molecule has 0 atom stereocenters. The fourth-order valence-electron chi connectivity index (χ4n) is 1.63. The Morgan fingerprint density at radius 3 is 2.80 bits per heavy atom. The van der Waals surface area contributed by atoms with E-state index >= 15 is 0 Å². The zero-order chi connectivity index (χ0) is 10.8. The largest absolute Gasteiger partial charge is 0.294 e. The van der Waals surface area contributed by atoms with Gasteiger partial charge in [-0.15, -0.1) is 0 Å². The first-order valence-corrected chi connectivity index (χ1v) is 5.10. The number of nitrogens with zero attached hydrogens (tertiary/aromatic N) is 1. The van der Waals surface area contributed by atoms with Crippen LogP contribution in [0.5, 0.6) is 0 Å². The maximum absolute atomic E-state index is 11.5. The number of Topliss-reactive ketones (excluding diaryl/α,β-unsaturated/α-hetero) is 1. The molecule has 0 saturated carbocycles. The second kappa shape index (κ2) is 3.81. The van der Waals surface area contributed by atoms with E-state index in [1.54, 1.807) is 0 Å². The Morgan fingerprint density at radius 1 is 1.27 bits per heavy atom. The third kappa shape index (κ3) is 1.89. The lowest BCUT2D eigenvalue weighted by Crippen LogP contribution is -1.96. The molecular formula is C13H13NO. The molecule has 2 aromatic rings. The first-order chi connectivity index (χ1) is 7.20. The van der Waals surface area contributed by atoms with Gasteiger partial charge in [0.15, 0.2) is 5.78 Å². The topological polar surface area (TPSA) is 30.0 Å². The summed E-state index contributed by atoms with van der Waals surface area (Å²) in [6.45, 7) is 3.83. The van der Waals surface area contributed by atoms with Gasteiger partial charge >= 0.3 is 0 Å². The highest BCUT2D eigenvalue weighted by Gasteiger charge is 2.03. The number of rotatable bonds is 2. The van der Waals surface area contributed by atoms with E-state index in [9.17, 15) is 4.79 Å². The number of fused-ring (bicyclic) bond motifs is 1. The Labute approximate surface area is 89.0 Å². The van der Waals surface area contributed by atoms with E-state index in [0.717, 1.165) is 22.0 Å². The summed E-state index contributed by atoms with van der Waals surface area (Å²) in [4.78, 5) is 15.7. The Balaban J connectivity index is 2.59. The zero-order valence-electron chi connectivity index (χ0n) is 8.95. The second-order valence-corrected chi connectivity index (χ2v) is 3.66. The van der Waals surface area contributed by atoms with Gasteiger partial charge in [-0.1, -0.05) is 19.1 Å². The summed E-state index contributed by atoms with van der Waals surface area (Å²) in [5, 5.41) is 2.16. The van der Waals surface area contributed by atoms with Crippen LogP contribution in [0, 0.1) is 6.92 Å². The van der Waals surface area contributed by atoms with Crippen molar-refractivity contribution in [3.63, 3.8) is 0 Å². The summed E-state index contributed by atoms with van der Waals surface area (Å²) in [5.74, 6) is 0.186. The SMILES string of the molecule is CCC(=O)c1ccc2cnc(C)cc2c1. The van der Waals surface area contributed by atoms with Crippen LogP contribution in [-0.2, 0) is 0 Å². The normalized spacial score (nSPS) is 10.5. The van der Waals surface area contributed by atoms with E-state index in [1.807, 2.05) is 44.3 Å². The van der Waals surface area contributed by atoms with Gasteiger partial charge in [0.05, 0.1) is 0 Å². The molecule has 0 saturated heterocycles. The van der Waals surface area contributed by atoms with Crippen LogP contribution in [0.25, 0.3) is 10.8 Å². The number of carbonyl (C=O) groups is 1. The van der Waals surface area contributed by atoms with E-state index in [1.165, 1.54) is 0 Å². The standard InChI is InChI=1S/C13H13NO/c1-3-13(15)10-4-5-11-8-14-9(2)6-12(11)7-10/h4-8H,3H2,1-2H3. The second-order valence-electron chi connectivity index (χ2n) is 3.66. The summed E-state index contributed by atoms with van der Waals surface area (Å²) in [5.41, 5.74) is 1.76. The van der Waals surface area contributed by atoms with Crippen molar-refractivity contribution < 1.29 is 4.79 Å². The minimum Gasteiger partial charge on any atom is -0.294 e. The van der Waals surface area contributed by atoms with Gasteiger partial charge < -0.3 is 0 Å². The van der Waals surface area contributed by atoms with Crippen LogP contribution in [0.4, 0.5) is 0 Å². The molecule has 1 aromatic heterocycles. The number of carbonyl (C=O) groups excluding carboxylic acids is 1. The van der Waals surface area contributed by atoms with Crippen LogP contribution in [0.2, 0.25) is 0 Å². The van der Waals surface area contributed by atoms with E-state index < -0.39 is 0 Å². The summed E-state index contributed by atoms with van der Waals surface area (Å²) in [6, 6.07) is 7.76. The highest BCUT2D eigenvalue weighted by atomic mass is 16.1. The quantitative estimate of drug-likeness (QED) is 0.695. The molecule has 0 fully saturated rings. The van der Waals surface area contributed by atoms with Gasteiger partial charge in [0.25, 0.3) is 0 Å². The summed E-state index contributed by atoms with van der Waals surface area (Å²) in [6.07, 6.45) is 2.39. The van der Waals surface area contributed by atoms with Crippen molar-refractivity contribution in [3.05, 3.63) is 41.7 Å². The molecule has 1 aromatic carbocycles. The molecule has 2 heteroatoms. The third-order valence-corrected chi connectivity index (χ3v) is 2.50. The van der Waals surface area contributed by atoms with Gasteiger partial charge in [-0.25, -0.2) is 0 Å². The molecule has 0 unspecified atom stereocenters. The third-order valence-electron chi connectivity index (χ3n) is 2.50. The predicted octanol–water partition coefficient (Wildman–Crippen LogP) is 3.14. The van der Waals surface area contributed by atoms with Gasteiger partial charge in [0.2, 0.25) is 0 Å². The van der Waals surface area contributed by atoms with Crippen molar-refractivity contribution in [3.8, 4) is 0 Å². The lowest BCUT2D eigenvalue weighted by atomic mass is 10.0. The van der Waals surface area contributed by atoms with Crippen LogP contribution in [-0.4, -0.2) is 10.8 Å². The van der Waals surface area contributed by atoms with E-state index in [-0.39, 0.29) is 5.78 Å². The van der Waals surface area contributed by atoms with Gasteiger partial charge in [-0.3, -0.25) is 9.78 Å². The smallest absolute Gasteiger partial charge is 0.162 e. The van der Waals surface area contributed by atoms with Crippen molar-refractivity contribution in [2.24, 2.45) is 0 Å². The number of pyridine rings is 1. The molecule has 0 aliphatic heterocycles. The molecule has 0 amide bonds. The maximum Gasteiger partial charge on any atom is 0.162 e. The molecule has 0 spiro atoms. The Bertz CT molecular complexity index is 517. The van der Waals surface area contributed by atoms with Crippen LogP contribution in [0.3, 0.4) is 0 Å². The van der Waals surface area contributed by atoms with E-state index in [4.69, 9.17) is 0 Å². The first kappa shape index (κ1) is 9.84. The van der Waals surface area contributed by atoms with Crippen molar-refractivity contribution >= 4 is 16.6 Å². The maximum atomic E-state index is 11.5. The monoisotopic (exact) mass is 199 g/mol.